The zero-order valence-corrected chi connectivity index (χ0v) is 18.8. The van der Waals surface area contributed by atoms with Crippen molar-refractivity contribution < 1.29 is 24.1 Å². The normalized spacial score (nSPS) is 21.4. The summed E-state index contributed by atoms with van der Waals surface area (Å²) in [6.07, 6.45) is 0.773. The predicted octanol–water partition coefficient (Wildman–Crippen LogP) is 2.37. The summed E-state index contributed by atoms with van der Waals surface area (Å²) in [5.41, 5.74) is 3.20. The van der Waals surface area contributed by atoms with Gasteiger partial charge in [-0.3, -0.25) is 4.90 Å². The number of hydrogen-bond donors (Lipinski definition) is 1. The van der Waals surface area contributed by atoms with Gasteiger partial charge < -0.3 is 29.0 Å². The SMILES string of the molecule is COc1ccccc1N1CCN(C2Cc3c(c(OC)cc(OC)c3OC)CC2O)CC1. The van der Waals surface area contributed by atoms with E-state index >= 15 is 0 Å². The smallest absolute Gasteiger partial charge is 0.164 e. The van der Waals surface area contributed by atoms with Gasteiger partial charge in [0, 0.05) is 55.8 Å². The first-order valence-electron chi connectivity index (χ1n) is 10.7. The molecular formula is C24H32N2O5. The number of methoxy groups -OCH3 is 4. The second-order valence-corrected chi connectivity index (χ2v) is 8.01. The number of ether oxygens (including phenoxy) is 4. The molecular weight excluding hydrogens is 396 g/mol. The Labute approximate surface area is 184 Å². The van der Waals surface area contributed by atoms with E-state index in [1.165, 1.54) is 0 Å². The quantitative estimate of drug-likeness (QED) is 0.758. The summed E-state index contributed by atoms with van der Waals surface area (Å²) in [5, 5.41) is 11.0. The number of hydrogen-bond acceptors (Lipinski definition) is 7. The number of fused-ring (bicyclic) bond motifs is 1. The van der Waals surface area contributed by atoms with Crippen LogP contribution in [-0.2, 0) is 12.8 Å². The fourth-order valence-corrected chi connectivity index (χ4v) is 4.95. The first kappa shape index (κ1) is 21.6. The molecule has 1 fully saturated rings. The Morgan fingerprint density at radius 1 is 0.774 bits per heavy atom. The Hall–Kier alpha value is -2.64. The van der Waals surface area contributed by atoms with Crippen LogP contribution in [-0.4, -0.2) is 76.8 Å². The number of piperazine rings is 1. The molecule has 2 aliphatic rings. The van der Waals surface area contributed by atoms with Crippen molar-refractivity contribution >= 4 is 5.69 Å². The molecule has 1 N–H and O–H groups in total. The van der Waals surface area contributed by atoms with E-state index in [9.17, 15) is 5.11 Å². The maximum absolute atomic E-state index is 11.0. The van der Waals surface area contributed by atoms with Crippen molar-refractivity contribution in [2.75, 3.05) is 59.5 Å². The second-order valence-electron chi connectivity index (χ2n) is 8.01. The minimum Gasteiger partial charge on any atom is -0.496 e. The van der Waals surface area contributed by atoms with Gasteiger partial charge in [0.15, 0.2) is 11.5 Å². The fraction of sp³-hybridized carbons (Fsp3) is 0.500. The summed E-state index contributed by atoms with van der Waals surface area (Å²) >= 11 is 0. The zero-order valence-electron chi connectivity index (χ0n) is 18.8. The molecule has 0 saturated carbocycles. The number of benzene rings is 2. The van der Waals surface area contributed by atoms with Gasteiger partial charge in [-0.25, -0.2) is 0 Å². The summed E-state index contributed by atoms with van der Waals surface area (Å²) < 4.78 is 22.4. The lowest BCUT2D eigenvalue weighted by atomic mass is 9.83. The molecule has 2 aromatic rings. The van der Waals surface area contributed by atoms with Crippen LogP contribution in [0.2, 0.25) is 0 Å². The van der Waals surface area contributed by atoms with Crippen molar-refractivity contribution in [2.45, 2.75) is 25.0 Å². The molecule has 168 valence electrons. The van der Waals surface area contributed by atoms with E-state index in [-0.39, 0.29) is 6.04 Å². The number of aliphatic hydroxyl groups is 1. The van der Waals surface area contributed by atoms with Crippen LogP contribution < -0.4 is 23.8 Å². The van der Waals surface area contributed by atoms with Crippen molar-refractivity contribution in [2.24, 2.45) is 0 Å². The number of para-hydroxylation sites is 2. The van der Waals surface area contributed by atoms with Crippen LogP contribution in [0.1, 0.15) is 11.1 Å². The average molecular weight is 429 g/mol. The Balaban J connectivity index is 1.54. The molecule has 0 aromatic heterocycles. The van der Waals surface area contributed by atoms with Gasteiger partial charge in [0.25, 0.3) is 0 Å². The van der Waals surface area contributed by atoms with Gasteiger partial charge in [0.2, 0.25) is 0 Å². The number of anilines is 1. The highest BCUT2D eigenvalue weighted by atomic mass is 16.5. The molecule has 1 heterocycles. The van der Waals surface area contributed by atoms with Crippen molar-refractivity contribution in [3.05, 3.63) is 41.5 Å². The lowest BCUT2D eigenvalue weighted by molar-refractivity contribution is 0.0383. The van der Waals surface area contributed by atoms with Crippen LogP contribution in [0.25, 0.3) is 0 Å². The minimum absolute atomic E-state index is 0.0260. The van der Waals surface area contributed by atoms with Crippen molar-refractivity contribution in [3.8, 4) is 23.0 Å². The fourth-order valence-electron chi connectivity index (χ4n) is 4.95. The van der Waals surface area contributed by atoms with E-state index < -0.39 is 6.10 Å². The van der Waals surface area contributed by atoms with Gasteiger partial charge in [-0.05, 0) is 18.6 Å². The molecule has 0 bridgehead atoms. The van der Waals surface area contributed by atoms with E-state index in [1.807, 2.05) is 24.3 Å². The van der Waals surface area contributed by atoms with Gasteiger partial charge in [0.05, 0.1) is 40.2 Å². The molecule has 2 atom stereocenters. The molecule has 0 spiro atoms. The lowest BCUT2D eigenvalue weighted by Crippen LogP contribution is -2.56. The van der Waals surface area contributed by atoms with Crippen LogP contribution >= 0.6 is 0 Å². The number of nitrogens with zero attached hydrogens (tertiary/aromatic N) is 2. The van der Waals surface area contributed by atoms with Crippen molar-refractivity contribution in [3.63, 3.8) is 0 Å². The first-order valence-corrected chi connectivity index (χ1v) is 10.7. The zero-order chi connectivity index (χ0) is 22.0. The summed E-state index contributed by atoms with van der Waals surface area (Å²) in [7, 11) is 6.66. The molecule has 7 nitrogen and oxygen atoms in total. The minimum atomic E-state index is -0.461. The van der Waals surface area contributed by atoms with Crippen LogP contribution in [0.4, 0.5) is 5.69 Å². The molecule has 0 amide bonds. The third-order valence-corrected chi connectivity index (χ3v) is 6.55. The Morgan fingerprint density at radius 3 is 2.10 bits per heavy atom. The molecule has 1 aliphatic carbocycles. The van der Waals surface area contributed by atoms with E-state index in [0.717, 1.165) is 60.2 Å². The van der Waals surface area contributed by atoms with Crippen molar-refractivity contribution in [1.82, 2.24) is 4.90 Å². The van der Waals surface area contributed by atoms with Gasteiger partial charge in [-0.2, -0.15) is 0 Å². The number of aliphatic hydroxyl groups excluding tert-OH is 1. The molecule has 2 unspecified atom stereocenters. The molecule has 0 radical (unpaired) electrons. The molecule has 7 heteroatoms. The standard InChI is InChI=1S/C24H32N2O5/c1-28-21-8-6-5-7-18(21)25-9-11-26(12-10-25)19-13-17-16(14-20(19)27)22(29-2)15-23(30-3)24(17)31-4/h5-8,15,19-20,27H,9-14H2,1-4H3. The van der Waals surface area contributed by atoms with Crippen molar-refractivity contribution in [1.29, 1.82) is 0 Å². The first-order chi connectivity index (χ1) is 15.1. The summed E-state index contributed by atoms with van der Waals surface area (Å²) in [4.78, 5) is 4.75. The van der Waals surface area contributed by atoms with E-state index in [0.29, 0.717) is 18.6 Å². The third kappa shape index (κ3) is 4.00. The molecule has 4 rings (SSSR count). The Kier molecular flexibility index (Phi) is 6.43. The third-order valence-electron chi connectivity index (χ3n) is 6.55. The van der Waals surface area contributed by atoms with Crippen LogP contribution in [0.15, 0.2) is 30.3 Å². The highest BCUT2D eigenvalue weighted by Crippen LogP contribution is 2.44. The van der Waals surface area contributed by atoms with Gasteiger partial charge >= 0.3 is 0 Å². The largest absolute Gasteiger partial charge is 0.496 e. The summed E-state index contributed by atoms with van der Waals surface area (Å²) in [6, 6.07) is 10.00. The Morgan fingerprint density at radius 2 is 1.45 bits per heavy atom. The monoisotopic (exact) mass is 428 g/mol. The van der Waals surface area contributed by atoms with Gasteiger partial charge in [-0.1, -0.05) is 12.1 Å². The van der Waals surface area contributed by atoms with E-state index in [2.05, 4.69) is 15.9 Å². The van der Waals surface area contributed by atoms with Gasteiger partial charge in [-0.15, -0.1) is 0 Å². The highest BCUT2D eigenvalue weighted by Gasteiger charge is 2.37. The lowest BCUT2D eigenvalue weighted by Gasteiger charge is -2.44. The summed E-state index contributed by atoms with van der Waals surface area (Å²) in [6.45, 7) is 3.51. The molecule has 1 saturated heterocycles. The average Bonchev–Trinajstić information content (AvgIpc) is 2.82. The van der Waals surface area contributed by atoms with Crippen LogP contribution in [0.5, 0.6) is 23.0 Å². The van der Waals surface area contributed by atoms with Crippen LogP contribution in [0.3, 0.4) is 0 Å². The maximum atomic E-state index is 11.0. The second kappa shape index (κ2) is 9.24. The number of rotatable bonds is 6. The predicted molar refractivity (Wildman–Crippen MR) is 120 cm³/mol. The summed E-state index contributed by atoms with van der Waals surface area (Å²) in [5.74, 6) is 3.04. The topological polar surface area (TPSA) is 63.6 Å². The molecule has 1 aliphatic heterocycles. The highest BCUT2D eigenvalue weighted by molar-refractivity contribution is 5.60. The maximum Gasteiger partial charge on any atom is 0.164 e. The van der Waals surface area contributed by atoms with E-state index in [4.69, 9.17) is 18.9 Å². The van der Waals surface area contributed by atoms with Crippen LogP contribution in [0, 0.1) is 0 Å². The van der Waals surface area contributed by atoms with Gasteiger partial charge in [0.1, 0.15) is 11.5 Å². The van der Waals surface area contributed by atoms with E-state index in [1.54, 1.807) is 28.4 Å². The Bertz CT molecular complexity index is 911. The molecule has 2 aromatic carbocycles. The molecule has 31 heavy (non-hydrogen) atoms.